The minimum atomic E-state index is 0.154. The van der Waals surface area contributed by atoms with Gasteiger partial charge < -0.3 is 33.2 Å². The molecule has 0 saturated heterocycles. The molecule has 0 bridgehead atoms. The first-order valence-corrected chi connectivity index (χ1v) is 16.9. The van der Waals surface area contributed by atoms with Crippen LogP contribution in [0, 0.1) is 0 Å². The Morgan fingerprint density at radius 3 is 1.63 bits per heavy atom. The van der Waals surface area contributed by atoms with E-state index < -0.39 is 0 Å². The van der Waals surface area contributed by atoms with Crippen LogP contribution in [0.5, 0.6) is 46.0 Å². The summed E-state index contributed by atoms with van der Waals surface area (Å²) in [4.78, 5) is 4.87. The molecule has 2 aliphatic heterocycles. The normalized spacial score (nSPS) is 18.8. The number of ether oxygens (including phenoxy) is 7. The van der Waals surface area contributed by atoms with Gasteiger partial charge in [-0.05, 0) is 110 Å². The molecule has 0 radical (unpaired) electrons. The molecule has 2 aliphatic carbocycles. The first-order valence-electron chi connectivity index (χ1n) is 16.9. The summed E-state index contributed by atoms with van der Waals surface area (Å²) in [6.45, 7) is 1.93. The minimum Gasteiger partial charge on any atom is -0.496 e. The van der Waals surface area contributed by atoms with Crippen molar-refractivity contribution < 1.29 is 33.2 Å². The smallest absolute Gasteiger partial charge is 0.169 e. The third kappa shape index (κ3) is 4.66. The van der Waals surface area contributed by atoms with E-state index in [0.717, 1.165) is 95.3 Å². The Morgan fingerprint density at radius 1 is 0.510 bits per heavy atom. The molecular formula is C40H44N2O7. The maximum Gasteiger partial charge on any atom is 0.169 e. The van der Waals surface area contributed by atoms with Gasteiger partial charge in [-0.25, -0.2) is 0 Å². The van der Waals surface area contributed by atoms with Gasteiger partial charge in [-0.1, -0.05) is 0 Å². The van der Waals surface area contributed by atoms with Gasteiger partial charge in [0.25, 0.3) is 0 Å². The van der Waals surface area contributed by atoms with Crippen molar-refractivity contribution in [1.29, 1.82) is 0 Å². The predicted octanol–water partition coefficient (Wildman–Crippen LogP) is 7.03. The lowest BCUT2D eigenvalue weighted by molar-refractivity contribution is 0.225. The van der Waals surface area contributed by atoms with Crippen LogP contribution in [0.1, 0.15) is 45.5 Å². The molecule has 4 aromatic rings. The topological polar surface area (TPSA) is 71.1 Å². The summed E-state index contributed by atoms with van der Waals surface area (Å²) >= 11 is 0. The number of methoxy groups -OCH3 is 6. The standard InChI is InChI=1S/C40H44N2O7/c1-41-13-11-21-16-32(45-5)39(47-7)37-24-20-30(44-4)31(18-23(24)15-26(41)34(21)37)49-28-9-10-29(43-3)36-25(28)19-27-35-22(12-14-42(27)2)17-33(46-6)40(48-8)38(35)36/h9-10,16-18,20,26-27H,11-15,19H2,1-8H3. The zero-order valence-corrected chi connectivity index (χ0v) is 29.6. The molecule has 0 fully saturated rings. The molecule has 2 unspecified atom stereocenters. The number of hydrogen-bond donors (Lipinski definition) is 0. The van der Waals surface area contributed by atoms with Crippen molar-refractivity contribution in [2.75, 3.05) is 69.8 Å². The second-order valence-electron chi connectivity index (χ2n) is 13.4. The van der Waals surface area contributed by atoms with Crippen molar-refractivity contribution in [2.24, 2.45) is 0 Å². The average molecular weight is 665 g/mol. The fraction of sp³-hybridized carbons (Fsp3) is 0.400. The first kappa shape index (κ1) is 31.7. The maximum atomic E-state index is 6.97. The quantitative estimate of drug-likeness (QED) is 0.197. The molecule has 2 atom stereocenters. The zero-order valence-electron chi connectivity index (χ0n) is 29.6. The molecule has 49 heavy (non-hydrogen) atoms. The molecular weight excluding hydrogens is 620 g/mol. The summed E-state index contributed by atoms with van der Waals surface area (Å²) in [6, 6.07) is 12.9. The highest BCUT2D eigenvalue weighted by molar-refractivity contribution is 5.89. The largest absolute Gasteiger partial charge is 0.496 e. The second kappa shape index (κ2) is 12.1. The monoisotopic (exact) mass is 664 g/mol. The second-order valence-corrected chi connectivity index (χ2v) is 13.4. The summed E-state index contributed by atoms with van der Waals surface area (Å²) in [7, 11) is 14.6. The number of nitrogens with zero attached hydrogens (tertiary/aromatic N) is 2. The van der Waals surface area contributed by atoms with E-state index >= 15 is 0 Å². The van der Waals surface area contributed by atoms with Crippen LogP contribution in [0.3, 0.4) is 0 Å². The van der Waals surface area contributed by atoms with E-state index in [9.17, 15) is 0 Å². The lowest BCUT2D eigenvalue weighted by Crippen LogP contribution is -2.36. The summed E-state index contributed by atoms with van der Waals surface area (Å²) in [5.74, 6) is 5.78. The van der Waals surface area contributed by atoms with E-state index in [2.05, 4.69) is 48.2 Å². The zero-order chi connectivity index (χ0) is 34.1. The van der Waals surface area contributed by atoms with E-state index in [0.29, 0.717) is 17.2 Å². The Hall–Kier alpha value is -4.60. The minimum absolute atomic E-state index is 0.154. The SMILES string of the molecule is COc1cc2c(cc1Oc1ccc(OC)c3c1CC1c4c(cc(OC)c(OC)c4-3)CCN1C)CC1c3c(cc(OC)c(OC)c3-2)CCN1C. The van der Waals surface area contributed by atoms with Crippen molar-refractivity contribution in [3.63, 3.8) is 0 Å². The van der Waals surface area contributed by atoms with Crippen LogP contribution in [-0.4, -0.2) is 79.6 Å². The van der Waals surface area contributed by atoms with E-state index in [-0.39, 0.29) is 12.1 Å². The molecule has 256 valence electrons. The van der Waals surface area contributed by atoms with Gasteiger partial charge >= 0.3 is 0 Å². The average Bonchev–Trinajstić information content (AvgIpc) is 3.13. The summed E-state index contributed by atoms with van der Waals surface area (Å²) in [5, 5.41) is 0. The van der Waals surface area contributed by atoms with Gasteiger partial charge in [-0.15, -0.1) is 0 Å². The molecule has 0 N–H and O–H groups in total. The fourth-order valence-electron chi connectivity index (χ4n) is 8.79. The Morgan fingerprint density at radius 2 is 1.04 bits per heavy atom. The Bertz CT molecular complexity index is 1990. The Kier molecular flexibility index (Phi) is 7.80. The lowest BCUT2D eigenvalue weighted by atomic mass is 9.76. The summed E-state index contributed by atoms with van der Waals surface area (Å²) < 4.78 is 42.9. The van der Waals surface area contributed by atoms with Gasteiger partial charge in [0.2, 0.25) is 0 Å². The molecule has 0 amide bonds. The van der Waals surface area contributed by atoms with Gasteiger partial charge in [0, 0.05) is 47.4 Å². The highest BCUT2D eigenvalue weighted by atomic mass is 16.5. The van der Waals surface area contributed by atoms with Crippen molar-refractivity contribution in [3.05, 3.63) is 69.8 Å². The molecule has 4 aliphatic rings. The third-order valence-electron chi connectivity index (χ3n) is 11.2. The molecule has 2 heterocycles. The number of hydrogen-bond acceptors (Lipinski definition) is 9. The Balaban J connectivity index is 1.31. The van der Waals surface area contributed by atoms with Gasteiger partial charge in [-0.3, -0.25) is 9.80 Å². The molecule has 9 heteroatoms. The maximum absolute atomic E-state index is 6.97. The molecule has 0 spiro atoms. The van der Waals surface area contributed by atoms with Crippen molar-refractivity contribution >= 4 is 0 Å². The van der Waals surface area contributed by atoms with Gasteiger partial charge in [0.1, 0.15) is 11.5 Å². The van der Waals surface area contributed by atoms with E-state index in [1.807, 2.05) is 12.1 Å². The number of benzene rings is 4. The predicted molar refractivity (Wildman–Crippen MR) is 189 cm³/mol. The van der Waals surface area contributed by atoms with Crippen LogP contribution < -0.4 is 33.2 Å². The molecule has 8 rings (SSSR count). The van der Waals surface area contributed by atoms with Crippen molar-refractivity contribution in [2.45, 2.75) is 37.8 Å². The van der Waals surface area contributed by atoms with Crippen molar-refractivity contribution in [3.8, 4) is 68.2 Å². The lowest BCUT2D eigenvalue weighted by Gasteiger charge is -2.41. The van der Waals surface area contributed by atoms with Gasteiger partial charge in [0.05, 0.1) is 42.7 Å². The number of fused-ring (bicyclic) bond motifs is 4. The van der Waals surface area contributed by atoms with E-state index in [1.165, 1.54) is 27.8 Å². The third-order valence-corrected chi connectivity index (χ3v) is 11.2. The van der Waals surface area contributed by atoms with Crippen LogP contribution >= 0.6 is 0 Å². The van der Waals surface area contributed by atoms with Crippen LogP contribution in [0.25, 0.3) is 22.3 Å². The fourth-order valence-corrected chi connectivity index (χ4v) is 8.79. The highest BCUT2D eigenvalue weighted by Crippen LogP contribution is 2.58. The molecule has 9 nitrogen and oxygen atoms in total. The van der Waals surface area contributed by atoms with Crippen LogP contribution in [-0.2, 0) is 25.7 Å². The van der Waals surface area contributed by atoms with Crippen LogP contribution in [0.4, 0.5) is 0 Å². The molecule has 0 aromatic heterocycles. The van der Waals surface area contributed by atoms with Crippen LogP contribution in [0.15, 0.2) is 36.4 Å². The highest BCUT2D eigenvalue weighted by Gasteiger charge is 2.40. The van der Waals surface area contributed by atoms with Crippen molar-refractivity contribution in [1.82, 2.24) is 9.80 Å². The number of rotatable bonds is 8. The van der Waals surface area contributed by atoms with Gasteiger partial charge in [-0.2, -0.15) is 0 Å². The molecule has 0 saturated carbocycles. The molecule has 4 aromatic carbocycles. The summed E-state index contributed by atoms with van der Waals surface area (Å²) in [5.41, 5.74) is 11.6. The number of likely N-dealkylation sites (N-methyl/N-ethyl adjacent to an activating group) is 2. The van der Waals surface area contributed by atoms with Gasteiger partial charge in [0.15, 0.2) is 34.5 Å². The van der Waals surface area contributed by atoms with E-state index in [4.69, 9.17) is 33.2 Å². The van der Waals surface area contributed by atoms with E-state index in [1.54, 1.807) is 42.7 Å². The summed E-state index contributed by atoms with van der Waals surface area (Å²) in [6.07, 6.45) is 3.51. The Labute approximate surface area is 288 Å². The first-order chi connectivity index (χ1) is 23.8. The van der Waals surface area contributed by atoms with Crippen LogP contribution in [0.2, 0.25) is 0 Å².